The van der Waals surface area contributed by atoms with Crippen LogP contribution < -0.4 is 0 Å². The minimum atomic E-state index is -0.00647. The molecule has 170 valence electrons. The van der Waals surface area contributed by atoms with Gasteiger partial charge in [-0.1, -0.05) is 62.4 Å². The fourth-order valence-electron chi connectivity index (χ4n) is 4.46. The lowest BCUT2D eigenvalue weighted by atomic mass is 10.0. The van der Waals surface area contributed by atoms with Crippen LogP contribution in [0.15, 0.2) is 91.3 Å². The first-order valence-corrected chi connectivity index (χ1v) is 11.8. The molecule has 5 rings (SSSR count). The van der Waals surface area contributed by atoms with Gasteiger partial charge < -0.3 is 14.9 Å². The zero-order chi connectivity index (χ0) is 23.5. The van der Waals surface area contributed by atoms with Gasteiger partial charge in [-0.3, -0.25) is 4.79 Å². The number of amides is 1. The lowest BCUT2D eigenvalue weighted by molar-refractivity contribution is -0.127. The standard InChI is InChI=1S/C30H29N3O/c1-21(2)23-12-9-22(10-13-23)11-14-30(34)33(19-24-5-3-7-28-26(24)15-17-31-28)20-25-6-4-8-29-27(25)16-18-32-29/h3-18,21,31-32H,19-20H2,1-2H3/b14-11+. The molecule has 0 radical (unpaired) electrons. The number of benzene rings is 3. The molecule has 4 nitrogen and oxygen atoms in total. The molecule has 2 aromatic heterocycles. The highest BCUT2D eigenvalue weighted by atomic mass is 16.2. The Morgan fingerprint density at radius 2 is 1.35 bits per heavy atom. The number of nitrogens with one attached hydrogen (secondary N) is 2. The van der Waals surface area contributed by atoms with E-state index in [0.717, 1.165) is 38.5 Å². The largest absolute Gasteiger partial charge is 0.361 e. The Morgan fingerprint density at radius 3 is 1.88 bits per heavy atom. The summed E-state index contributed by atoms with van der Waals surface area (Å²) in [6.07, 6.45) is 7.50. The predicted octanol–water partition coefficient (Wildman–Crippen LogP) is 7.01. The van der Waals surface area contributed by atoms with Gasteiger partial charge in [0.15, 0.2) is 0 Å². The molecule has 1 amide bonds. The van der Waals surface area contributed by atoms with Gasteiger partial charge in [0.05, 0.1) is 0 Å². The number of hydrogen-bond donors (Lipinski definition) is 2. The van der Waals surface area contributed by atoms with Crippen molar-refractivity contribution in [3.8, 4) is 0 Å². The fraction of sp³-hybridized carbons (Fsp3) is 0.167. The maximum atomic E-state index is 13.5. The Hall–Kier alpha value is -4.05. The molecule has 2 N–H and O–H groups in total. The summed E-state index contributed by atoms with van der Waals surface area (Å²) in [6, 6.07) is 25.0. The second-order valence-corrected chi connectivity index (χ2v) is 9.06. The number of aromatic nitrogens is 2. The van der Waals surface area contributed by atoms with Crippen LogP contribution in [-0.4, -0.2) is 20.8 Å². The van der Waals surface area contributed by atoms with E-state index in [1.54, 1.807) is 6.08 Å². The van der Waals surface area contributed by atoms with Crippen molar-refractivity contribution in [2.45, 2.75) is 32.9 Å². The third-order valence-corrected chi connectivity index (χ3v) is 6.43. The van der Waals surface area contributed by atoms with Crippen LogP contribution in [0, 0.1) is 0 Å². The number of carbonyl (C=O) groups excluding carboxylic acids is 1. The Labute approximate surface area is 199 Å². The van der Waals surface area contributed by atoms with Crippen molar-refractivity contribution in [2.24, 2.45) is 0 Å². The molecule has 5 aromatic rings. The molecule has 0 aliphatic rings. The number of fused-ring (bicyclic) bond motifs is 2. The van der Waals surface area contributed by atoms with Crippen molar-refractivity contribution in [3.05, 3.63) is 114 Å². The molecule has 0 bridgehead atoms. The summed E-state index contributed by atoms with van der Waals surface area (Å²) in [6.45, 7) is 5.43. The minimum Gasteiger partial charge on any atom is -0.361 e. The van der Waals surface area contributed by atoms with E-state index < -0.39 is 0 Å². The zero-order valence-corrected chi connectivity index (χ0v) is 19.6. The highest BCUT2D eigenvalue weighted by Crippen LogP contribution is 2.23. The summed E-state index contributed by atoms with van der Waals surface area (Å²) in [5, 5.41) is 2.29. The topological polar surface area (TPSA) is 51.9 Å². The second-order valence-electron chi connectivity index (χ2n) is 9.06. The van der Waals surface area contributed by atoms with Crippen molar-refractivity contribution in [1.82, 2.24) is 14.9 Å². The molecule has 0 fully saturated rings. The van der Waals surface area contributed by atoms with Gasteiger partial charge in [0, 0.05) is 53.4 Å². The first-order chi connectivity index (χ1) is 16.6. The van der Waals surface area contributed by atoms with Crippen molar-refractivity contribution in [2.75, 3.05) is 0 Å². The number of aromatic amines is 2. The molecular formula is C30H29N3O. The first kappa shape index (κ1) is 21.8. The summed E-state index contributed by atoms with van der Waals surface area (Å²) in [4.78, 5) is 21.9. The first-order valence-electron chi connectivity index (χ1n) is 11.8. The van der Waals surface area contributed by atoms with E-state index >= 15 is 0 Å². The molecule has 0 atom stereocenters. The molecule has 0 aliphatic carbocycles. The van der Waals surface area contributed by atoms with E-state index in [4.69, 9.17) is 0 Å². The molecule has 34 heavy (non-hydrogen) atoms. The van der Waals surface area contributed by atoms with Crippen LogP contribution in [0.1, 0.15) is 42.0 Å². The normalized spacial score (nSPS) is 11.7. The Balaban J connectivity index is 1.44. The Morgan fingerprint density at radius 1 is 0.794 bits per heavy atom. The number of nitrogens with zero attached hydrogens (tertiary/aromatic N) is 1. The van der Waals surface area contributed by atoms with Gasteiger partial charge in [-0.2, -0.15) is 0 Å². The average Bonchev–Trinajstić information content (AvgIpc) is 3.53. The van der Waals surface area contributed by atoms with Crippen LogP contribution in [0.3, 0.4) is 0 Å². The molecule has 0 aliphatic heterocycles. The Kier molecular flexibility index (Phi) is 6.05. The quantitative estimate of drug-likeness (QED) is 0.259. The zero-order valence-electron chi connectivity index (χ0n) is 19.6. The molecule has 0 unspecified atom stereocenters. The SMILES string of the molecule is CC(C)c1ccc(/C=C/C(=O)N(Cc2cccc3[nH]ccc23)Cc2cccc3[nH]ccc23)cc1. The van der Waals surface area contributed by atoms with Crippen LogP contribution in [0.4, 0.5) is 0 Å². The number of rotatable bonds is 7. The maximum Gasteiger partial charge on any atom is 0.247 e. The van der Waals surface area contributed by atoms with Gasteiger partial charge in [-0.15, -0.1) is 0 Å². The smallest absolute Gasteiger partial charge is 0.247 e. The summed E-state index contributed by atoms with van der Waals surface area (Å²) in [5.41, 5.74) is 6.74. The van der Waals surface area contributed by atoms with Gasteiger partial charge in [0.25, 0.3) is 0 Å². The minimum absolute atomic E-state index is 0.00647. The van der Waals surface area contributed by atoms with Crippen LogP contribution >= 0.6 is 0 Å². The number of H-pyrrole nitrogens is 2. The monoisotopic (exact) mass is 447 g/mol. The van der Waals surface area contributed by atoms with Crippen LogP contribution in [0.25, 0.3) is 27.9 Å². The van der Waals surface area contributed by atoms with Crippen LogP contribution in [0.2, 0.25) is 0 Å². The highest BCUT2D eigenvalue weighted by Gasteiger charge is 2.16. The molecule has 0 saturated carbocycles. The summed E-state index contributed by atoms with van der Waals surface area (Å²) >= 11 is 0. The van der Waals surface area contributed by atoms with Gasteiger partial charge in [0.2, 0.25) is 5.91 Å². The molecular weight excluding hydrogens is 418 g/mol. The third-order valence-electron chi connectivity index (χ3n) is 6.43. The van der Waals surface area contributed by atoms with E-state index in [-0.39, 0.29) is 5.91 Å². The van der Waals surface area contributed by atoms with Gasteiger partial charge in [0.1, 0.15) is 0 Å². The van der Waals surface area contributed by atoms with E-state index in [9.17, 15) is 4.79 Å². The van der Waals surface area contributed by atoms with Crippen molar-refractivity contribution < 1.29 is 4.79 Å². The van der Waals surface area contributed by atoms with Gasteiger partial charge >= 0.3 is 0 Å². The lowest BCUT2D eigenvalue weighted by Gasteiger charge is -2.23. The van der Waals surface area contributed by atoms with E-state index in [2.05, 4.69) is 84.5 Å². The molecule has 0 saturated heterocycles. The highest BCUT2D eigenvalue weighted by molar-refractivity contribution is 5.93. The fourth-order valence-corrected chi connectivity index (χ4v) is 4.46. The second kappa shape index (κ2) is 9.44. The van der Waals surface area contributed by atoms with Crippen LogP contribution in [-0.2, 0) is 17.9 Å². The summed E-state index contributed by atoms with van der Waals surface area (Å²) in [5.74, 6) is 0.482. The van der Waals surface area contributed by atoms with E-state index in [0.29, 0.717) is 19.0 Å². The summed E-state index contributed by atoms with van der Waals surface area (Å²) < 4.78 is 0. The third kappa shape index (κ3) is 4.53. The number of carbonyl (C=O) groups is 1. The summed E-state index contributed by atoms with van der Waals surface area (Å²) in [7, 11) is 0. The van der Waals surface area contributed by atoms with E-state index in [1.807, 2.05) is 35.5 Å². The van der Waals surface area contributed by atoms with Crippen molar-refractivity contribution in [3.63, 3.8) is 0 Å². The lowest BCUT2D eigenvalue weighted by Crippen LogP contribution is -2.28. The predicted molar refractivity (Wildman–Crippen MR) is 140 cm³/mol. The molecule has 3 aromatic carbocycles. The van der Waals surface area contributed by atoms with Gasteiger partial charge in [-0.05, 0) is 58.5 Å². The van der Waals surface area contributed by atoms with Gasteiger partial charge in [-0.25, -0.2) is 0 Å². The molecule has 0 spiro atoms. The maximum absolute atomic E-state index is 13.5. The molecule has 4 heteroatoms. The number of hydrogen-bond acceptors (Lipinski definition) is 1. The van der Waals surface area contributed by atoms with Crippen molar-refractivity contribution in [1.29, 1.82) is 0 Å². The average molecular weight is 448 g/mol. The Bertz CT molecular complexity index is 1380. The van der Waals surface area contributed by atoms with Crippen molar-refractivity contribution >= 4 is 33.8 Å². The van der Waals surface area contributed by atoms with E-state index in [1.165, 1.54) is 5.56 Å². The molecule has 2 heterocycles. The van der Waals surface area contributed by atoms with Crippen LogP contribution in [0.5, 0.6) is 0 Å².